The van der Waals surface area contributed by atoms with Crippen LogP contribution in [0.3, 0.4) is 0 Å². The van der Waals surface area contributed by atoms with Crippen LogP contribution in [0.2, 0.25) is 0 Å². The minimum Gasteiger partial charge on any atom is -0.494 e. The molecule has 4 nitrogen and oxygen atoms in total. The number of halogens is 1. The van der Waals surface area contributed by atoms with Crippen LogP contribution in [0.5, 0.6) is 5.75 Å². The van der Waals surface area contributed by atoms with Crippen molar-refractivity contribution in [2.45, 2.75) is 6.42 Å². The second-order valence-electron chi connectivity index (χ2n) is 6.06. The summed E-state index contributed by atoms with van der Waals surface area (Å²) >= 11 is 0. The zero-order valence-corrected chi connectivity index (χ0v) is 15.4. The summed E-state index contributed by atoms with van der Waals surface area (Å²) in [6.45, 7) is 1.78. The summed E-state index contributed by atoms with van der Waals surface area (Å²) in [4.78, 5) is 2.16. The molecule has 1 N–H and O–H groups in total. The van der Waals surface area contributed by atoms with Gasteiger partial charge in [-0.3, -0.25) is 5.10 Å². The van der Waals surface area contributed by atoms with Crippen molar-refractivity contribution in [1.82, 2.24) is 15.1 Å². The van der Waals surface area contributed by atoms with Crippen LogP contribution in [0.4, 0.5) is 0 Å². The maximum atomic E-state index is 5.75. The topological polar surface area (TPSA) is 41.1 Å². The Labute approximate surface area is 154 Å². The van der Waals surface area contributed by atoms with Gasteiger partial charge in [0.1, 0.15) is 5.75 Å². The van der Waals surface area contributed by atoms with E-state index < -0.39 is 0 Å². The third-order valence-corrected chi connectivity index (χ3v) is 3.83. The van der Waals surface area contributed by atoms with Gasteiger partial charge < -0.3 is 9.64 Å². The van der Waals surface area contributed by atoms with E-state index >= 15 is 0 Å². The van der Waals surface area contributed by atoms with Gasteiger partial charge in [-0.05, 0) is 50.4 Å². The summed E-state index contributed by atoms with van der Waals surface area (Å²) in [6.07, 6.45) is 5.13. The summed E-state index contributed by atoms with van der Waals surface area (Å²) < 4.78 is 5.75. The Balaban J connectivity index is 0.00000225. The van der Waals surface area contributed by atoms with Crippen LogP contribution in [-0.2, 0) is 0 Å². The minimum absolute atomic E-state index is 0. The Kier molecular flexibility index (Phi) is 7.04. The maximum absolute atomic E-state index is 5.75. The third kappa shape index (κ3) is 5.34. The Hall–Kier alpha value is -2.30. The van der Waals surface area contributed by atoms with Gasteiger partial charge in [0.2, 0.25) is 0 Å². The van der Waals surface area contributed by atoms with Crippen LogP contribution >= 0.6 is 12.4 Å². The fourth-order valence-corrected chi connectivity index (χ4v) is 2.53. The van der Waals surface area contributed by atoms with Crippen LogP contribution in [0, 0.1) is 0 Å². The van der Waals surface area contributed by atoms with Crippen LogP contribution in [-0.4, -0.2) is 42.3 Å². The van der Waals surface area contributed by atoms with Gasteiger partial charge in [0.15, 0.2) is 0 Å². The van der Waals surface area contributed by atoms with E-state index in [2.05, 4.69) is 53.5 Å². The van der Waals surface area contributed by atoms with Gasteiger partial charge in [-0.1, -0.05) is 36.4 Å². The lowest BCUT2D eigenvalue weighted by molar-refractivity contribution is 0.281. The van der Waals surface area contributed by atoms with E-state index in [0.29, 0.717) is 0 Å². The van der Waals surface area contributed by atoms with E-state index in [1.807, 2.05) is 36.4 Å². The van der Waals surface area contributed by atoms with Gasteiger partial charge in [0.25, 0.3) is 0 Å². The number of aromatic amines is 1. The molecule has 25 heavy (non-hydrogen) atoms. The quantitative estimate of drug-likeness (QED) is 0.633. The summed E-state index contributed by atoms with van der Waals surface area (Å²) in [7, 11) is 4.15. The molecule has 3 aromatic rings. The molecular formula is C20H24ClN3O. The number of nitrogens with zero attached hydrogens (tertiary/aromatic N) is 2. The number of benzene rings is 2. The molecule has 0 fully saturated rings. The van der Waals surface area contributed by atoms with E-state index in [4.69, 9.17) is 4.74 Å². The molecule has 0 amide bonds. The lowest BCUT2D eigenvalue weighted by atomic mass is 10.1. The Morgan fingerprint density at radius 3 is 2.56 bits per heavy atom. The molecule has 3 rings (SSSR count). The number of nitrogens with one attached hydrogen (secondary N) is 1. The lowest BCUT2D eigenvalue weighted by Gasteiger charge is -2.10. The molecule has 0 bridgehead atoms. The average Bonchev–Trinajstić information content (AvgIpc) is 3.01. The van der Waals surface area contributed by atoms with Crippen molar-refractivity contribution < 1.29 is 4.74 Å². The summed E-state index contributed by atoms with van der Waals surface area (Å²) in [5, 5.41) is 8.53. The second kappa shape index (κ2) is 9.25. The number of H-pyrrole nitrogens is 1. The van der Waals surface area contributed by atoms with Gasteiger partial charge in [0.05, 0.1) is 17.8 Å². The van der Waals surface area contributed by atoms with Crippen LogP contribution in [0.15, 0.2) is 48.5 Å². The molecule has 0 spiro atoms. The number of hydrogen-bond acceptors (Lipinski definition) is 3. The smallest absolute Gasteiger partial charge is 0.119 e. The normalized spacial score (nSPS) is 11.2. The monoisotopic (exact) mass is 357 g/mol. The molecule has 0 saturated carbocycles. The van der Waals surface area contributed by atoms with Crippen molar-refractivity contribution in [1.29, 1.82) is 0 Å². The number of para-hydroxylation sites is 1. The van der Waals surface area contributed by atoms with Gasteiger partial charge in [-0.15, -0.1) is 12.4 Å². The second-order valence-corrected chi connectivity index (χ2v) is 6.06. The number of ether oxygens (including phenoxy) is 1. The molecule has 0 aliphatic carbocycles. The highest BCUT2D eigenvalue weighted by atomic mass is 35.5. The first-order chi connectivity index (χ1) is 11.7. The average molecular weight is 358 g/mol. The molecule has 0 atom stereocenters. The molecule has 0 saturated heterocycles. The van der Waals surface area contributed by atoms with Crippen molar-refractivity contribution in [3.05, 3.63) is 59.8 Å². The van der Waals surface area contributed by atoms with Gasteiger partial charge in [-0.25, -0.2) is 0 Å². The summed E-state index contributed by atoms with van der Waals surface area (Å²) in [6, 6.07) is 16.3. The Morgan fingerprint density at radius 1 is 1.04 bits per heavy atom. The summed E-state index contributed by atoms with van der Waals surface area (Å²) in [5.41, 5.74) is 3.14. The number of hydrogen-bond donors (Lipinski definition) is 1. The van der Waals surface area contributed by atoms with E-state index in [-0.39, 0.29) is 12.4 Å². The number of rotatable bonds is 7. The standard InChI is InChI=1S/C20H23N3O.ClH/c1-23(2)14-5-15-24-17-11-8-16(9-12-17)10-13-20-18-6-3-4-7-19(18)21-22-20;/h3-4,6-13H,5,14-15H2,1-2H3,(H,21,22);1H. The van der Waals surface area contributed by atoms with Crippen molar-refractivity contribution in [3.63, 3.8) is 0 Å². The molecule has 0 aliphatic heterocycles. The molecule has 1 heterocycles. The largest absolute Gasteiger partial charge is 0.494 e. The zero-order chi connectivity index (χ0) is 16.8. The van der Waals surface area contributed by atoms with E-state index in [1.165, 1.54) is 0 Å². The fraction of sp³-hybridized carbons (Fsp3) is 0.250. The lowest BCUT2D eigenvalue weighted by Crippen LogP contribution is -2.15. The van der Waals surface area contributed by atoms with E-state index in [0.717, 1.165) is 47.5 Å². The van der Waals surface area contributed by atoms with Crippen molar-refractivity contribution in [3.8, 4) is 5.75 Å². The van der Waals surface area contributed by atoms with Crippen LogP contribution < -0.4 is 4.74 Å². The molecule has 2 aromatic carbocycles. The zero-order valence-electron chi connectivity index (χ0n) is 14.6. The highest BCUT2D eigenvalue weighted by molar-refractivity contribution is 5.89. The van der Waals surface area contributed by atoms with Gasteiger partial charge in [0, 0.05) is 11.9 Å². The fourth-order valence-electron chi connectivity index (χ4n) is 2.53. The first-order valence-electron chi connectivity index (χ1n) is 8.21. The first kappa shape index (κ1) is 19.0. The minimum atomic E-state index is 0. The van der Waals surface area contributed by atoms with Crippen LogP contribution in [0.25, 0.3) is 23.1 Å². The molecule has 0 unspecified atom stereocenters. The molecule has 1 aromatic heterocycles. The van der Waals surface area contributed by atoms with Crippen molar-refractivity contribution in [2.24, 2.45) is 0 Å². The third-order valence-electron chi connectivity index (χ3n) is 3.83. The summed E-state index contributed by atoms with van der Waals surface area (Å²) in [5.74, 6) is 0.913. The molecule has 132 valence electrons. The Morgan fingerprint density at radius 2 is 1.80 bits per heavy atom. The van der Waals surface area contributed by atoms with Crippen molar-refractivity contribution in [2.75, 3.05) is 27.2 Å². The predicted molar refractivity (Wildman–Crippen MR) is 107 cm³/mol. The van der Waals surface area contributed by atoms with Gasteiger partial charge >= 0.3 is 0 Å². The van der Waals surface area contributed by atoms with Gasteiger partial charge in [-0.2, -0.15) is 5.10 Å². The molecule has 0 aliphatic rings. The van der Waals surface area contributed by atoms with Crippen molar-refractivity contribution >= 4 is 35.5 Å². The maximum Gasteiger partial charge on any atom is 0.119 e. The SMILES string of the molecule is CN(C)CCCOc1ccc(C=Cc2n[nH]c3ccccc23)cc1.Cl. The van der Waals surface area contributed by atoms with E-state index in [1.54, 1.807) is 0 Å². The number of fused-ring (bicyclic) bond motifs is 1. The Bertz CT molecular complexity index is 809. The predicted octanol–water partition coefficient (Wildman–Crippen LogP) is 4.49. The first-order valence-corrected chi connectivity index (χ1v) is 8.21. The molecule has 5 heteroatoms. The highest BCUT2D eigenvalue weighted by Crippen LogP contribution is 2.18. The molecular weight excluding hydrogens is 334 g/mol. The van der Waals surface area contributed by atoms with E-state index in [9.17, 15) is 0 Å². The van der Waals surface area contributed by atoms with Crippen LogP contribution in [0.1, 0.15) is 17.7 Å². The highest BCUT2D eigenvalue weighted by Gasteiger charge is 2.01. The molecule has 0 radical (unpaired) electrons. The number of aromatic nitrogens is 2.